The fourth-order valence-electron chi connectivity index (χ4n) is 2.73. The van der Waals surface area contributed by atoms with Gasteiger partial charge in [-0.3, -0.25) is 0 Å². The monoisotopic (exact) mass is 280 g/mol. The second kappa shape index (κ2) is 5.26. The van der Waals surface area contributed by atoms with Gasteiger partial charge >= 0.3 is 0 Å². The second-order valence-corrected chi connectivity index (χ2v) is 5.35. The minimum atomic E-state index is 0.181. The number of fused-ring (bicyclic) bond motifs is 1. The molecule has 0 bridgehead atoms. The van der Waals surface area contributed by atoms with E-state index in [0.717, 1.165) is 29.6 Å². The molecule has 1 saturated heterocycles. The van der Waals surface area contributed by atoms with Gasteiger partial charge < -0.3 is 9.84 Å². The summed E-state index contributed by atoms with van der Waals surface area (Å²) in [5, 5.41) is 8.60. The van der Waals surface area contributed by atoms with E-state index in [4.69, 9.17) is 4.52 Å². The average Bonchev–Trinajstić information content (AvgIpc) is 3.05. The number of nitrogens with zero attached hydrogens (tertiary/aromatic N) is 3. The molecule has 106 valence electrons. The van der Waals surface area contributed by atoms with E-state index in [1.165, 1.54) is 12.8 Å². The molecule has 1 fully saturated rings. The van der Waals surface area contributed by atoms with Gasteiger partial charge in [-0.1, -0.05) is 35.8 Å². The van der Waals surface area contributed by atoms with Crippen LogP contribution in [0.1, 0.15) is 31.2 Å². The van der Waals surface area contributed by atoms with Crippen LogP contribution in [0.25, 0.3) is 22.4 Å². The lowest BCUT2D eigenvalue weighted by Gasteiger charge is -2.19. The molecule has 1 N–H and O–H groups in total. The molecule has 1 aliphatic heterocycles. The van der Waals surface area contributed by atoms with Crippen molar-refractivity contribution in [2.75, 3.05) is 6.54 Å². The number of piperidine rings is 1. The maximum Gasteiger partial charge on any atom is 0.244 e. The van der Waals surface area contributed by atoms with Crippen molar-refractivity contribution in [3.05, 3.63) is 42.3 Å². The largest absolute Gasteiger partial charge is 0.337 e. The first-order chi connectivity index (χ1) is 10.4. The fourth-order valence-corrected chi connectivity index (χ4v) is 2.73. The standard InChI is InChI=1S/C16H16N4O/c1-2-6-12-11(5-1)8-9-13(18-12)15-19-16(21-20-15)14-7-3-4-10-17-14/h1-2,5-6,8-9,14,17H,3-4,7,10H2/t14-/m0/s1. The molecule has 0 spiro atoms. The number of hydrogen-bond acceptors (Lipinski definition) is 5. The smallest absolute Gasteiger partial charge is 0.244 e. The SMILES string of the molecule is c1ccc2nc(-c3noc([C@@H]4CCCCN4)n3)ccc2c1. The Balaban J connectivity index is 1.67. The summed E-state index contributed by atoms with van der Waals surface area (Å²) < 4.78 is 5.41. The zero-order valence-corrected chi connectivity index (χ0v) is 11.6. The van der Waals surface area contributed by atoms with Crippen LogP contribution >= 0.6 is 0 Å². The van der Waals surface area contributed by atoms with Gasteiger partial charge in [-0.15, -0.1) is 0 Å². The maximum atomic E-state index is 5.41. The first-order valence-corrected chi connectivity index (χ1v) is 7.33. The molecule has 3 aromatic rings. The minimum Gasteiger partial charge on any atom is -0.337 e. The number of pyridine rings is 1. The number of benzene rings is 1. The first kappa shape index (κ1) is 12.5. The van der Waals surface area contributed by atoms with Crippen LogP contribution in [0.15, 0.2) is 40.9 Å². The van der Waals surface area contributed by atoms with E-state index in [9.17, 15) is 0 Å². The molecule has 0 amide bonds. The van der Waals surface area contributed by atoms with E-state index < -0.39 is 0 Å². The predicted molar refractivity (Wildman–Crippen MR) is 79.6 cm³/mol. The lowest BCUT2D eigenvalue weighted by Crippen LogP contribution is -2.26. The summed E-state index contributed by atoms with van der Waals surface area (Å²) in [5.74, 6) is 1.22. The van der Waals surface area contributed by atoms with Crippen molar-refractivity contribution in [2.45, 2.75) is 25.3 Å². The van der Waals surface area contributed by atoms with Gasteiger partial charge in [-0.25, -0.2) is 4.98 Å². The van der Waals surface area contributed by atoms with Crippen molar-refractivity contribution in [2.24, 2.45) is 0 Å². The van der Waals surface area contributed by atoms with Crippen LogP contribution in [0.3, 0.4) is 0 Å². The lowest BCUT2D eigenvalue weighted by atomic mass is 10.1. The van der Waals surface area contributed by atoms with E-state index in [0.29, 0.717) is 11.7 Å². The summed E-state index contributed by atoms with van der Waals surface area (Å²) >= 11 is 0. The van der Waals surface area contributed by atoms with E-state index >= 15 is 0 Å². The normalized spacial score (nSPS) is 19.0. The zero-order valence-electron chi connectivity index (χ0n) is 11.6. The third-order valence-corrected chi connectivity index (χ3v) is 3.88. The Hall–Kier alpha value is -2.27. The molecule has 21 heavy (non-hydrogen) atoms. The Kier molecular flexibility index (Phi) is 3.12. The summed E-state index contributed by atoms with van der Waals surface area (Å²) in [6.07, 6.45) is 3.46. The summed E-state index contributed by atoms with van der Waals surface area (Å²) in [5.41, 5.74) is 1.69. The van der Waals surface area contributed by atoms with Gasteiger partial charge in [-0.2, -0.15) is 4.98 Å². The molecular weight excluding hydrogens is 264 g/mol. The molecule has 0 aliphatic carbocycles. The van der Waals surface area contributed by atoms with Gasteiger partial charge in [-0.05, 0) is 31.5 Å². The molecule has 5 nitrogen and oxygen atoms in total. The van der Waals surface area contributed by atoms with Crippen LogP contribution in [0.4, 0.5) is 0 Å². The van der Waals surface area contributed by atoms with Crippen molar-refractivity contribution < 1.29 is 4.52 Å². The second-order valence-electron chi connectivity index (χ2n) is 5.35. The van der Waals surface area contributed by atoms with Crippen molar-refractivity contribution in [1.29, 1.82) is 0 Å². The topological polar surface area (TPSA) is 63.8 Å². The summed E-state index contributed by atoms with van der Waals surface area (Å²) in [6, 6.07) is 12.2. The van der Waals surface area contributed by atoms with Crippen LogP contribution in [0, 0.1) is 0 Å². The number of hydrogen-bond donors (Lipinski definition) is 1. The molecule has 1 aliphatic rings. The van der Waals surface area contributed by atoms with Crippen molar-refractivity contribution in [1.82, 2.24) is 20.4 Å². The van der Waals surface area contributed by atoms with Gasteiger partial charge in [0.05, 0.1) is 11.6 Å². The van der Waals surface area contributed by atoms with Gasteiger partial charge in [0.25, 0.3) is 0 Å². The summed E-state index contributed by atoms with van der Waals surface area (Å²) in [6.45, 7) is 1.01. The van der Waals surface area contributed by atoms with E-state index in [2.05, 4.69) is 20.4 Å². The molecule has 3 heterocycles. The Bertz CT molecular complexity index is 762. The third-order valence-electron chi connectivity index (χ3n) is 3.88. The van der Waals surface area contributed by atoms with Crippen LogP contribution in [-0.2, 0) is 0 Å². The number of aromatic nitrogens is 3. The van der Waals surface area contributed by atoms with Gasteiger partial charge in [0.15, 0.2) is 0 Å². The third kappa shape index (κ3) is 2.40. The van der Waals surface area contributed by atoms with Crippen LogP contribution in [-0.4, -0.2) is 21.7 Å². The van der Waals surface area contributed by atoms with Crippen molar-refractivity contribution >= 4 is 10.9 Å². The molecule has 0 radical (unpaired) electrons. The zero-order chi connectivity index (χ0) is 14.1. The maximum absolute atomic E-state index is 5.41. The molecule has 4 rings (SSSR count). The minimum absolute atomic E-state index is 0.181. The Morgan fingerprint density at radius 1 is 1.05 bits per heavy atom. The quantitative estimate of drug-likeness (QED) is 0.781. The number of para-hydroxylation sites is 1. The molecule has 1 aromatic carbocycles. The Morgan fingerprint density at radius 3 is 2.90 bits per heavy atom. The summed E-state index contributed by atoms with van der Waals surface area (Å²) in [4.78, 5) is 9.11. The van der Waals surface area contributed by atoms with E-state index in [1.807, 2.05) is 36.4 Å². The highest BCUT2D eigenvalue weighted by Crippen LogP contribution is 2.24. The fraction of sp³-hybridized carbons (Fsp3) is 0.312. The molecule has 1 atom stereocenters. The predicted octanol–water partition coefficient (Wildman–Crippen LogP) is 3.10. The summed E-state index contributed by atoms with van der Waals surface area (Å²) in [7, 11) is 0. The molecule has 0 saturated carbocycles. The lowest BCUT2D eigenvalue weighted by molar-refractivity contribution is 0.297. The van der Waals surface area contributed by atoms with Gasteiger partial charge in [0.2, 0.25) is 11.7 Å². The van der Waals surface area contributed by atoms with Crippen LogP contribution in [0.5, 0.6) is 0 Å². The number of nitrogens with one attached hydrogen (secondary N) is 1. The molecule has 2 aromatic heterocycles. The highest BCUT2D eigenvalue weighted by molar-refractivity contribution is 5.80. The van der Waals surface area contributed by atoms with E-state index in [1.54, 1.807) is 0 Å². The highest BCUT2D eigenvalue weighted by atomic mass is 16.5. The average molecular weight is 280 g/mol. The Morgan fingerprint density at radius 2 is 2.00 bits per heavy atom. The van der Waals surface area contributed by atoms with Gasteiger partial charge in [0.1, 0.15) is 5.69 Å². The van der Waals surface area contributed by atoms with Crippen LogP contribution in [0.2, 0.25) is 0 Å². The molecular formula is C16H16N4O. The van der Waals surface area contributed by atoms with Crippen molar-refractivity contribution in [3.63, 3.8) is 0 Å². The van der Waals surface area contributed by atoms with Crippen LogP contribution < -0.4 is 5.32 Å². The highest BCUT2D eigenvalue weighted by Gasteiger charge is 2.21. The van der Waals surface area contributed by atoms with Gasteiger partial charge in [0, 0.05) is 5.39 Å². The Labute approximate surface area is 122 Å². The van der Waals surface area contributed by atoms with E-state index in [-0.39, 0.29) is 6.04 Å². The number of rotatable bonds is 2. The molecule has 0 unspecified atom stereocenters. The first-order valence-electron chi connectivity index (χ1n) is 7.33. The molecule has 5 heteroatoms. The van der Waals surface area contributed by atoms with Crippen molar-refractivity contribution in [3.8, 4) is 11.5 Å².